The molecule has 0 spiro atoms. The molecule has 8 nitrogen and oxygen atoms in total. The topological polar surface area (TPSA) is 97.3 Å². The van der Waals surface area contributed by atoms with Gasteiger partial charge in [-0.1, -0.05) is 26.0 Å². The summed E-state index contributed by atoms with van der Waals surface area (Å²) >= 11 is 0. The van der Waals surface area contributed by atoms with Crippen LogP contribution in [-0.2, 0) is 28.9 Å². The Hall–Kier alpha value is -4.18. The number of carboxylic acids is 1. The summed E-state index contributed by atoms with van der Waals surface area (Å²) in [5.41, 5.74) is 4.14. The number of fused-ring (bicyclic) bond motifs is 2. The molecule has 1 fully saturated rings. The molecule has 3 aliphatic heterocycles. The molecule has 1 amide bonds. The molecule has 3 aliphatic rings. The van der Waals surface area contributed by atoms with Crippen molar-refractivity contribution in [2.75, 3.05) is 31.8 Å². The highest BCUT2D eigenvalue weighted by Gasteiger charge is 2.48. The summed E-state index contributed by atoms with van der Waals surface area (Å²) in [6, 6.07) is 10.7. The van der Waals surface area contributed by atoms with E-state index in [4.69, 9.17) is 14.2 Å². The average Bonchev–Trinajstić information content (AvgIpc) is 3.71. The molecule has 42 heavy (non-hydrogen) atoms. The van der Waals surface area contributed by atoms with E-state index < -0.39 is 29.7 Å². The van der Waals surface area contributed by atoms with E-state index in [1.165, 1.54) is 18.2 Å². The van der Waals surface area contributed by atoms with Crippen LogP contribution in [0.2, 0.25) is 0 Å². The van der Waals surface area contributed by atoms with Gasteiger partial charge in [-0.25, -0.2) is 8.78 Å². The molecule has 1 unspecified atom stereocenters. The largest absolute Gasteiger partial charge is 0.493 e. The molecule has 10 heteroatoms. The number of halogens is 2. The van der Waals surface area contributed by atoms with Gasteiger partial charge in [0, 0.05) is 30.6 Å². The van der Waals surface area contributed by atoms with Gasteiger partial charge in [-0.15, -0.1) is 0 Å². The molecular formula is C32H32F2N2O6. The zero-order valence-corrected chi connectivity index (χ0v) is 23.4. The molecule has 3 atom stereocenters. The van der Waals surface area contributed by atoms with Gasteiger partial charge in [-0.3, -0.25) is 14.5 Å². The smallest absolute Gasteiger partial charge is 0.309 e. The fourth-order valence-electron chi connectivity index (χ4n) is 6.53. The van der Waals surface area contributed by atoms with Crippen molar-refractivity contribution in [1.29, 1.82) is 0 Å². The normalized spacial score (nSPS) is 20.8. The zero-order valence-electron chi connectivity index (χ0n) is 23.4. The summed E-state index contributed by atoms with van der Waals surface area (Å²) in [7, 11) is 0. The van der Waals surface area contributed by atoms with E-state index in [1.807, 2.05) is 36.9 Å². The van der Waals surface area contributed by atoms with Crippen LogP contribution in [0.25, 0.3) is 0 Å². The number of benzene rings is 3. The van der Waals surface area contributed by atoms with Crippen molar-refractivity contribution in [3.63, 3.8) is 0 Å². The highest BCUT2D eigenvalue weighted by Crippen LogP contribution is 2.49. The first-order valence-corrected chi connectivity index (χ1v) is 14.2. The van der Waals surface area contributed by atoms with Gasteiger partial charge in [0.2, 0.25) is 18.4 Å². The Balaban J connectivity index is 1.37. The molecule has 2 N–H and O–H groups in total. The predicted octanol–water partition coefficient (Wildman–Crippen LogP) is 5.23. The van der Waals surface area contributed by atoms with Crippen molar-refractivity contribution >= 4 is 17.6 Å². The molecule has 220 valence electrons. The molecule has 0 radical (unpaired) electrons. The summed E-state index contributed by atoms with van der Waals surface area (Å²) in [6.07, 6.45) is 1.76. The maximum atomic E-state index is 15.0. The number of hydrogen-bond acceptors (Lipinski definition) is 6. The molecule has 6 rings (SSSR count). The van der Waals surface area contributed by atoms with Crippen LogP contribution in [0.15, 0.2) is 42.5 Å². The number of hydrogen-bond donors (Lipinski definition) is 2. The van der Waals surface area contributed by atoms with Gasteiger partial charge in [0.1, 0.15) is 11.6 Å². The SMILES string of the molecule is CCc1cc(F)cc(CC)c1NC(=O)CN1C[C@H](c2cc(F)c3c(c2)OCO3)C(C(=O)O)[C@@H]1c1ccc2c(c1)CCO2. The second kappa shape index (κ2) is 11.2. The minimum Gasteiger partial charge on any atom is -0.493 e. The highest BCUT2D eigenvalue weighted by atomic mass is 19.1. The van der Waals surface area contributed by atoms with Gasteiger partial charge in [-0.05, 0) is 71.0 Å². The molecule has 3 aromatic rings. The van der Waals surface area contributed by atoms with Gasteiger partial charge in [0.25, 0.3) is 0 Å². The maximum absolute atomic E-state index is 15.0. The van der Waals surface area contributed by atoms with E-state index in [1.54, 1.807) is 6.07 Å². The Morgan fingerprint density at radius 3 is 2.45 bits per heavy atom. The molecular weight excluding hydrogens is 546 g/mol. The van der Waals surface area contributed by atoms with E-state index in [0.717, 1.165) is 16.9 Å². The number of carbonyl (C=O) groups is 2. The Morgan fingerprint density at radius 2 is 1.74 bits per heavy atom. The molecule has 0 saturated carbocycles. The fraction of sp³-hybridized carbons (Fsp3) is 0.375. The number of carboxylic acid groups (broad SMARTS) is 1. The molecule has 3 aromatic carbocycles. The van der Waals surface area contributed by atoms with E-state index in [-0.39, 0.29) is 43.1 Å². The first-order valence-electron chi connectivity index (χ1n) is 14.2. The van der Waals surface area contributed by atoms with E-state index in [9.17, 15) is 23.5 Å². The first-order chi connectivity index (χ1) is 20.3. The van der Waals surface area contributed by atoms with Crippen molar-refractivity contribution in [1.82, 2.24) is 4.90 Å². The van der Waals surface area contributed by atoms with Crippen molar-refractivity contribution < 1.29 is 37.7 Å². The third-order valence-corrected chi connectivity index (χ3v) is 8.46. The van der Waals surface area contributed by atoms with E-state index in [2.05, 4.69) is 5.32 Å². The summed E-state index contributed by atoms with van der Waals surface area (Å²) in [5.74, 6) is -3.01. The summed E-state index contributed by atoms with van der Waals surface area (Å²) in [4.78, 5) is 28.3. The van der Waals surface area contributed by atoms with Crippen molar-refractivity contribution in [3.8, 4) is 17.2 Å². The number of ether oxygens (including phenoxy) is 3. The second-order valence-corrected chi connectivity index (χ2v) is 10.9. The van der Waals surface area contributed by atoms with Crippen LogP contribution in [0.1, 0.15) is 53.6 Å². The van der Waals surface area contributed by atoms with Gasteiger partial charge >= 0.3 is 5.97 Å². The lowest BCUT2D eigenvalue weighted by molar-refractivity contribution is -0.143. The maximum Gasteiger partial charge on any atom is 0.309 e. The van der Waals surface area contributed by atoms with Gasteiger partial charge in [0.15, 0.2) is 11.6 Å². The van der Waals surface area contributed by atoms with Crippen molar-refractivity contribution in [3.05, 3.63) is 81.9 Å². The number of nitrogens with zero attached hydrogens (tertiary/aromatic N) is 1. The van der Waals surface area contributed by atoms with Crippen LogP contribution in [0.4, 0.5) is 14.5 Å². The molecule has 0 bridgehead atoms. The minimum atomic E-state index is -1.05. The predicted molar refractivity (Wildman–Crippen MR) is 150 cm³/mol. The Morgan fingerprint density at radius 1 is 0.976 bits per heavy atom. The Kier molecular flexibility index (Phi) is 7.49. The molecule has 0 aliphatic carbocycles. The Bertz CT molecular complexity index is 1540. The highest BCUT2D eigenvalue weighted by molar-refractivity contribution is 5.94. The molecule has 1 saturated heterocycles. The zero-order chi connectivity index (χ0) is 29.5. The number of likely N-dealkylation sites (tertiary alicyclic amines) is 1. The average molecular weight is 579 g/mol. The monoisotopic (exact) mass is 578 g/mol. The van der Waals surface area contributed by atoms with E-state index in [0.29, 0.717) is 48.2 Å². The summed E-state index contributed by atoms with van der Waals surface area (Å²) < 4.78 is 45.4. The minimum absolute atomic E-state index is 0.00721. The van der Waals surface area contributed by atoms with Crippen LogP contribution < -0.4 is 19.5 Å². The van der Waals surface area contributed by atoms with Crippen LogP contribution in [-0.4, -0.2) is 48.4 Å². The lowest BCUT2D eigenvalue weighted by Gasteiger charge is -2.27. The number of amides is 1. The standard InChI is InChI=1S/C32H32F2N2O6/c1-3-17-10-22(33)11-18(4-2)29(17)35-27(37)15-36-14-23(21-12-24(34)31-26(13-21)41-16-42-31)28(32(38)39)30(36)20-5-6-25-19(9-20)7-8-40-25/h5-6,9-13,23,28,30H,3-4,7-8,14-16H2,1-2H3,(H,35,37)(H,38,39)/t23-,28?,30+/m1/s1. The van der Waals surface area contributed by atoms with Crippen molar-refractivity contribution in [2.24, 2.45) is 5.92 Å². The van der Waals surface area contributed by atoms with Crippen molar-refractivity contribution in [2.45, 2.75) is 45.1 Å². The second-order valence-electron chi connectivity index (χ2n) is 10.9. The van der Waals surface area contributed by atoms with Gasteiger partial charge in [-0.2, -0.15) is 0 Å². The number of carbonyl (C=O) groups excluding carboxylic acids is 1. The summed E-state index contributed by atoms with van der Waals surface area (Å²) in [5, 5.41) is 13.5. The summed E-state index contributed by atoms with van der Waals surface area (Å²) in [6.45, 7) is 4.29. The quantitative estimate of drug-likeness (QED) is 0.378. The van der Waals surface area contributed by atoms with Crippen LogP contribution in [0, 0.1) is 17.6 Å². The van der Waals surface area contributed by atoms with Gasteiger partial charge < -0.3 is 24.6 Å². The van der Waals surface area contributed by atoms with Gasteiger partial charge in [0.05, 0.1) is 19.1 Å². The molecule has 0 aromatic heterocycles. The number of anilines is 1. The number of rotatable bonds is 8. The van der Waals surface area contributed by atoms with Crippen LogP contribution in [0.3, 0.4) is 0 Å². The third-order valence-electron chi connectivity index (χ3n) is 8.46. The third kappa shape index (κ3) is 5.04. The fourth-order valence-corrected chi connectivity index (χ4v) is 6.53. The number of nitrogens with one attached hydrogen (secondary N) is 1. The number of aryl methyl sites for hydroxylation is 2. The van der Waals surface area contributed by atoms with Crippen LogP contribution >= 0.6 is 0 Å². The lowest BCUT2D eigenvalue weighted by atomic mass is 9.82. The van der Waals surface area contributed by atoms with E-state index >= 15 is 0 Å². The Labute approximate surface area is 242 Å². The van der Waals surface area contributed by atoms with Crippen LogP contribution in [0.5, 0.6) is 17.2 Å². The number of aliphatic carboxylic acids is 1. The first kappa shape index (κ1) is 28.0. The lowest BCUT2D eigenvalue weighted by Crippen LogP contribution is -2.35. The molecule has 3 heterocycles.